The van der Waals surface area contributed by atoms with Crippen LogP contribution in [-0.4, -0.2) is 18.7 Å². The maximum atomic E-state index is 13.0. The first-order valence-corrected chi connectivity index (χ1v) is 3.21. The van der Waals surface area contributed by atoms with E-state index in [0.29, 0.717) is 0 Å². The van der Waals surface area contributed by atoms with Crippen molar-refractivity contribution < 1.29 is 13.9 Å². The third kappa shape index (κ3) is 0.728. The Kier molecular flexibility index (Phi) is 1.28. The highest BCUT2D eigenvalue weighted by molar-refractivity contribution is 5.82. The minimum atomic E-state index is -1.35. The van der Waals surface area contributed by atoms with E-state index < -0.39 is 17.1 Å². The van der Waals surface area contributed by atoms with E-state index in [-0.39, 0.29) is 6.42 Å². The van der Waals surface area contributed by atoms with Crippen molar-refractivity contribution in [2.45, 2.75) is 25.9 Å². The molecular formula is C7H11FO2. The van der Waals surface area contributed by atoms with Crippen molar-refractivity contribution >= 4 is 5.97 Å². The Bertz CT molecular complexity index is 176. The zero-order chi connectivity index (χ0) is 7.99. The van der Waals surface area contributed by atoms with Gasteiger partial charge in [0.15, 0.2) is 0 Å². The number of methoxy groups -OCH3 is 1. The van der Waals surface area contributed by atoms with Gasteiger partial charge in [-0.25, -0.2) is 4.39 Å². The molecular weight excluding hydrogens is 135 g/mol. The molecule has 0 bridgehead atoms. The van der Waals surface area contributed by atoms with Crippen molar-refractivity contribution in [1.82, 2.24) is 0 Å². The molecule has 0 amide bonds. The number of ether oxygens (including phenoxy) is 1. The molecule has 2 atom stereocenters. The molecule has 1 fully saturated rings. The van der Waals surface area contributed by atoms with Gasteiger partial charge in [0.25, 0.3) is 0 Å². The van der Waals surface area contributed by atoms with E-state index in [2.05, 4.69) is 4.74 Å². The standard InChI is InChI=1S/C7H11FO2/c1-6(5(9)10-3)4-7(6,2)8/h4H2,1-3H3/t6-,7-/m0/s1. The molecule has 2 nitrogen and oxygen atoms in total. The SMILES string of the molecule is COC(=O)[C@]1(C)C[C@]1(C)F. The van der Waals surface area contributed by atoms with Gasteiger partial charge in [-0.15, -0.1) is 0 Å². The molecule has 58 valence electrons. The van der Waals surface area contributed by atoms with Gasteiger partial charge in [-0.05, 0) is 13.8 Å². The first-order chi connectivity index (χ1) is 4.44. The second-order valence-corrected chi connectivity index (χ2v) is 3.20. The normalized spacial score (nSPS) is 44.8. The highest BCUT2D eigenvalue weighted by Crippen LogP contribution is 2.59. The molecule has 10 heavy (non-hydrogen) atoms. The van der Waals surface area contributed by atoms with E-state index >= 15 is 0 Å². The molecule has 0 N–H and O–H groups in total. The lowest BCUT2D eigenvalue weighted by Crippen LogP contribution is -2.21. The van der Waals surface area contributed by atoms with Crippen LogP contribution >= 0.6 is 0 Å². The molecule has 0 radical (unpaired) electrons. The summed E-state index contributed by atoms with van der Waals surface area (Å²) in [5.41, 5.74) is -2.22. The molecule has 1 saturated carbocycles. The van der Waals surface area contributed by atoms with Crippen LogP contribution in [0, 0.1) is 5.41 Å². The van der Waals surface area contributed by atoms with Gasteiger partial charge in [-0.1, -0.05) is 0 Å². The van der Waals surface area contributed by atoms with E-state index in [4.69, 9.17) is 0 Å². The molecule has 0 aromatic carbocycles. The number of rotatable bonds is 1. The fraction of sp³-hybridized carbons (Fsp3) is 0.857. The zero-order valence-corrected chi connectivity index (χ0v) is 6.40. The van der Waals surface area contributed by atoms with Crippen molar-refractivity contribution in [1.29, 1.82) is 0 Å². The summed E-state index contributed by atoms with van der Waals surface area (Å²) < 4.78 is 17.4. The van der Waals surface area contributed by atoms with E-state index in [1.807, 2.05) is 0 Å². The van der Waals surface area contributed by atoms with Crippen molar-refractivity contribution in [2.75, 3.05) is 7.11 Å². The summed E-state index contributed by atoms with van der Waals surface area (Å²) in [7, 11) is 1.28. The Hall–Kier alpha value is -0.600. The molecule has 0 spiro atoms. The molecule has 0 unspecified atom stereocenters. The van der Waals surface area contributed by atoms with E-state index in [0.717, 1.165) is 0 Å². The maximum Gasteiger partial charge on any atom is 0.314 e. The summed E-state index contributed by atoms with van der Waals surface area (Å²) in [4.78, 5) is 10.8. The van der Waals surface area contributed by atoms with Crippen LogP contribution in [0.2, 0.25) is 0 Å². The minimum absolute atomic E-state index is 0.284. The molecule has 1 aliphatic carbocycles. The molecule has 0 aliphatic heterocycles. The summed E-state index contributed by atoms with van der Waals surface area (Å²) >= 11 is 0. The number of carbonyl (C=O) groups is 1. The average Bonchev–Trinajstić information content (AvgIpc) is 2.32. The van der Waals surface area contributed by atoms with Gasteiger partial charge in [-0.2, -0.15) is 0 Å². The lowest BCUT2D eigenvalue weighted by molar-refractivity contribution is -0.148. The van der Waals surface area contributed by atoms with E-state index in [1.165, 1.54) is 14.0 Å². The Labute approximate surface area is 59.4 Å². The van der Waals surface area contributed by atoms with E-state index in [1.54, 1.807) is 6.92 Å². The Morgan fingerprint density at radius 2 is 2.00 bits per heavy atom. The largest absolute Gasteiger partial charge is 0.469 e. The number of halogens is 1. The number of hydrogen-bond donors (Lipinski definition) is 0. The smallest absolute Gasteiger partial charge is 0.314 e. The first-order valence-electron chi connectivity index (χ1n) is 3.21. The number of carbonyl (C=O) groups excluding carboxylic acids is 1. The first kappa shape index (κ1) is 7.51. The molecule has 0 heterocycles. The lowest BCUT2D eigenvalue weighted by Gasteiger charge is -2.07. The second-order valence-electron chi connectivity index (χ2n) is 3.20. The third-order valence-electron chi connectivity index (χ3n) is 2.35. The predicted octanol–water partition coefficient (Wildman–Crippen LogP) is 1.30. The van der Waals surface area contributed by atoms with Crippen LogP contribution in [-0.2, 0) is 9.53 Å². The van der Waals surface area contributed by atoms with Gasteiger partial charge in [0.05, 0.1) is 7.11 Å². The fourth-order valence-electron chi connectivity index (χ4n) is 1.13. The molecule has 1 rings (SSSR count). The fourth-order valence-corrected chi connectivity index (χ4v) is 1.13. The second kappa shape index (κ2) is 1.71. The lowest BCUT2D eigenvalue weighted by atomic mass is 10.1. The van der Waals surface area contributed by atoms with Crippen LogP contribution < -0.4 is 0 Å². The Morgan fingerprint density at radius 1 is 1.60 bits per heavy atom. The topological polar surface area (TPSA) is 26.3 Å². The van der Waals surface area contributed by atoms with Crippen LogP contribution in [0.3, 0.4) is 0 Å². The summed E-state index contributed by atoms with van der Waals surface area (Å²) in [6.45, 7) is 3.00. The van der Waals surface area contributed by atoms with Gasteiger partial charge in [-0.3, -0.25) is 4.79 Å². The summed E-state index contributed by atoms with van der Waals surface area (Å²) in [5, 5.41) is 0. The maximum absolute atomic E-state index is 13.0. The van der Waals surface area contributed by atoms with Gasteiger partial charge in [0, 0.05) is 6.42 Å². The summed E-state index contributed by atoms with van der Waals surface area (Å²) in [6, 6.07) is 0. The predicted molar refractivity (Wildman–Crippen MR) is 34.3 cm³/mol. The van der Waals surface area contributed by atoms with Crippen molar-refractivity contribution in [3.05, 3.63) is 0 Å². The van der Waals surface area contributed by atoms with Gasteiger partial charge in [0.2, 0.25) is 0 Å². The van der Waals surface area contributed by atoms with Crippen molar-refractivity contribution in [3.8, 4) is 0 Å². The van der Waals surface area contributed by atoms with Crippen LogP contribution in [0.4, 0.5) is 4.39 Å². The summed E-state index contributed by atoms with van der Waals surface area (Å²) in [6.07, 6.45) is 0.284. The highest BCUT2D eigenvalue weighted by Gasteiger charge is 2.68. The molecule has 0 aromatic heterocycles. The van der Waals surface area contributed by atoms with Gasteiger partial charge in [0.1, 0.15) is 11.1 Å². The number of esters is 1. The molecule has 0 aromatic rings. The van der Waals surface area contributed by atoms with Crippen molar-refractivity contribution in [2.24, 2.45) is 5.41 Å². The molecule has 1 aliphatic rings. The van der Waals surface area contributed by atoms with Crippen LogP contribution in [0.15, 0.2) is 0 Å². The molecule has 3 heteroatoms. The van der Waals surface area contributed by atoms with Crippen LogP contribution in [0.1, 0.15) is 20.3 Å². The monoisotopic (exact) mass is 146 g/mol. The van der Waals surface area contributed by atoms with E-state index in [9.17, 15) is 9.18 Å². The number of hydrogen-bond acceptors (Lipinski definition) is 2. The van der Waals surface area contributed by atoms with Crippen molar-refractivity contribution in [3.63, 3.8) is 0 Å². The summed E-state index contributed by atoms with van der Waals surface area (Å²) in [5.74, 6) is -0.447. The van der Waals surface area contributed by atoms with Gasteiger partial charge < -0.3 is 4.74 Å². The third-order valence-corrected chi connectivity index (χ3v) is 2.35. The van der Waals surface area contributed by atoms with Crippen LogP contribution in [0.25, 0.3) is 0 Å². The quantitative estimate of drug-likeness (QED) is 0.521. The average molecular weight is 146 g/mol. The molecule has 0 saturated heterocycles. The highest BCUT2D eigenvalue weighted by atomic mass is 19.1. The zero-order valence-electron chi connectivity index (χ0n) is 6.40. The minimum Gasteiger partial charge on any atom is -0.469 e. The van der Waals surface area contributed by atoms with Crippen LogP contribution in [0.5, 0.6) is 0 Å². The number of alkyl halides is 1. The Balaban J connectivity index is 2.68. The Morgan fingerprint density at radius 3 is 2.10 bits per heavy atom. The van der Waals surface area contributed by atoms with Gasteiger partial charge >= 0.3 is 5.97 Å².